The zero-order valence-corrected chi connectivity index (χ0v) is 75.9. The summed E-state index contributed by atoms with van der Waals surface area (Å²) in [6, 6.07) is 65.3. The smallest absolute Gasteiger partial charge is 0.0582 e. The molecule has 0 fully saturated rings. The summed E-state index contributed by atoms with van der Waals surface area (Å²) >= 11 is 0. The molecule has 29 aromatic carbocycles. The molecule has 0 nitrogen and oxygen atoms in total. The molecule has 0 heteroatoms. The van der Waals surface area contributed by atoms with Crippen molar-refractivity contribution in [3.8, 4) is 11.1 Å². The number of rotatable bonds is 6. The van der Waals surface area contributed by atoms with Gasteiger partial charge in [-0.3, -0.25) is 0 Å². The van der Waals surface area contributed by atoms with Gasteiger partial charge < -0.3 is 0 Å². The molecule has 43 rings (SSSR count). The van der Waals surface area contributed by atoms with Gasteiger partial charge in [-0.15, -0.1) is 0 Å². The first-order valence-corrected chi connectivity index (χ1v) is 49.2. The Balaban J connectivity index is 0.900. The monoisotopic (exact) mass is 1640 g/mol. The summed E-state index contributed by atoms with van der Waals surface area (Å²) in [5, 5.41) is 70.9. The van der Waals surface area contributed by atoms with Crippen LogP contribution >= 0.6 is 0 Å². The van der Waals surface area contributed by atoms with Gasteiger partial charge in [0.1, 0.15) is 0 Å². The second-order valence-corrected chi connectivity index (χ2v) is 51.5. The van der Waals surface area contributed by atoms with E-state index in [0.717, 1.165) is 0 Å². The average molecular weight is 1640 g/mol. The molecule has 2 unspecified atom stereocenters. The highest BCUT2D eigenvalue weighted by Gasteiger charge is 2.78. The van der Waals surface area contributed by atoms with Crippen LogP contribution in [0.1, 0.15) is 292 Å². The Labute approximate surface area is 744 Å². The van der Waals surface area contributed by atoms with Crippen LogP contribution < -0.4 is 0 Å². The highest BCUT2D eigenvalue weighted by atomic mass is 14.8. The maximum absolute atomic E-state index is 2.79. The van der Waals surface area contributed by atoms with Crippen LogP contribution in [0.25, 0.3) is 248 Å². The van der Waals surface area contributed by atoms with Gasteiger partial charge >= 0.3 is 0 Å². The van der Waals surface area contributed by atoms with Gasteiger partial charge in [0.2, 0.25) is 0 Å². The van der Waals surface area contributed by atoms with E-state index in [-0.39, 0.29) is 32.5 Å². The lowest BCUT2D eigenvalue weighted by Gasteiger charge is -2.55. The van der Waals surface area contributed by atoms with Crippen LogP contribution in [0.4, 0.5) is 0 Å². The second kappa shape index (κ2) is 15.9. The quantitative estimate of drug-likeness (QED) is 0.115. The molecular formula is C130H78. The van der Waals surface area contributed by atoms with E-state index in [9.17, 15) is 0 Å². The van der Waals surface area contributed by atoms with Crippen LogP contribution in [0, 0.1) is 0 Å². The summed E-state index contributed by atoms with van der Waals surface area (Å²) < 4.78 is 0. The molecular weight excluding hydrogens is 1560 g/mol. The summed E-state index contributed by atoms with van der Waals surface area (Å²) in [5.74, 6) is 0. The van der Waals surface area contributed by atoms with Crippen molar-refractivity contribution < 1.29 is 0 Å². The Hall–Kier alpha value is -13.0. The number of benzene rings is 23. The van der Waals surface area contributed by atoms with E-state index in [0.29, 0.717) is 0 Å². The van der Waals surface area contributed by atoms with E-state index in [2.05, 4.69) is 270 Å². The van der Waals surface area contributed by atoms with Gasteiger partial charge in [0.15, 0.2) is 0 Å². The van der Waals surface area contributed by atoms with E-state index < -0.39 is 32.5 Å². The summed E-state index contributed by atoms with van der Waals surface area (Å²) in [6.45, 7) is 44.4. The highest BCUT2D eigenvalue weighted by molar-refractivity contribution is 6.75. The molecule has 6 atom stereocenters. The number of hydrogen-bond donors (Lipinski definition) is 0. The van der Waals surface area contributed by atoms with Gasteiger partial charge in [0.25, 0.3) is 0 Å². The second-order valence-electron chi connectivity index (χ2n) is 51.5. The molecule has 598 valence electrons. The average Bonchev–Trinajstić information content (AvgIpc) is 1.37. The van der Waals surface area contributed by atoms with E-state index in [4.69, 9.17) is 0 Å². The molecule has 130 heavy (non-hydrogen) atoms. The molecule has 0 N–H and O–H groups in total. The Bertz CT molecular complexity index is 10600. The van der Waals surface area contributed by atoms with E-state index in [1.165, 1.54) is 66.8 Å². The van der Waals surface area contributed by atoms with E-state index in [1.807, 2.05) is 0 Å². The highest BCUT2D eigenvalue weighted by Crippen LogP contribution is 2.92. The lowest BCUT2D eigenvalue weighted by molar-refractivity contribution is 0.579. The minimum atomic E-state index is -0.797. The standard InChI is InChI=1S/C130H78/c1-119(2,3)43-19-31-49(32-20-43)125-101-81-69-65-63-62-55-57-59-56-58-60(55)72-74(62)92-94-75(63)77(69)89-85-79(81)95-99-97-98-100-96-80-82-70-66(68(58)84-88(72)106-110(92)130(54-41-29-48(30-42-54)124(16,17)18)112(94)108(89)128(103(85)97,52-37-25-46(26-38-52)122(10,11)12)116(100)118(130)114(96)126(106,102(82)84)50-33-21-44(22-34-50)120(4,5)6)64-61(56)73-71(59)87(83(101)67(57)65)105(125)109-91(73)93-76(64)78(70)90-86(80)104(98)127(51-35-23-45(24-36-51)121(7,8)9)107(90)111(93)129(109,117(113(95)125)115(99)127)53-39-27-47(28-40-53)123(13,14)15/h19-42H,1-18H3/t125?,126?,127-,128-,129+,130+/m0/s1. The molecule has 0 bridgehead atoms. The SMILES string of the molecule is CC(C)(C)c1ccc(C23c4c5c6c7c8c9c%10c%11c%12c%13c%14c%15c%16c%17c%18c%19c%20c%21c%22c%23c(c(c(c%23c-8c8c%22c%22c(c%23c%24c%25c(c2c2c%26c3c(c%10c47)c3c%11c%14c4c3c%26c3c7c2c%25c2c%10c%24c%22c%21c%10c%19c(c%10c%18c%15c4c%103)c27)[C@@]5%23c2ccc(C(C)(C)C)cc2)[C@@]68c2ccc(C(C)(C)C)cc2)[C@@]9%12c2ccc(C(C)(C)C)cc2)[C@@]%13%16c2ccc(C(C)(C)C)cc2)C%17%20c2ccc(C(C)(C)C)cc2)cc1. The third-order valence-electron chi connectivity index (χ3n) is 41.6. The lowest BCUT2D eigenvalue weighted by Crippen LogP contribution is -2.50. The van der Waals surface area contributed by atoms with Gasteiger partial charge in [0, 0.05) is 0 Å². The Morgan fingerprint density at radius 3 is 0.392 bits per heavy atom. The largest absolute Gasteiger partial charge is 0.0733 e. The molecule has 14 aliphatic rings. The maximum Gasteiger partial charge on any atom is 0.0733 e. The third kappa shape index (κ3) is 4.52. The van der Waals surface area contributed by atoms with Gasteiger partial charge in [-0.2, -0.15) is 0 Å². The summed E-state index contributed by atoms with van der Waals surface area (Å²) in [5.41, 5.74) is 45.1. The van der Waals surface area contributed by atoms with Gasteiger partial charge in [-0.05, 0) is 448 Å². The molecule has 29 aromatic rings. The van der Waals surface area contributed by atoms with Crippen LogP contribution in [0.2, 0.25) is 0 Å². The van der Waals surface area contributed by atoms with Crippen LogP contribution in [0.3, 0.4) is 0 Å². The van der Waals surface area contributed by atoms with Gasteiger partial charge in [0.05, 0.1) is 32.5 Å². The molecule has 0 amide bonds. The van der Waals surface area contributed by atoms with Crippen molar-refractivity contribution in [1.29, 1.82) is 0 Å². The molecule has 14 aliphatic carbocycles. The molecule has 0 spiro atoms. The molecule has 0 radical (unpaired) electrons. The first-order chi connectivity index (χ1) is 62.5. The normalized spacial score (nSPS) is 23.5. The first-order valence-electron chi connectivity index (χ1n) is 49.2. The molecule has 0 saturated carbocycles. The van der Waals surface area contributed by atoms with Crippen LogP contribution in [-0.4, -0.2) is 0 Å². The molecule has 0 aliphatic heterocycles. The van der Waals surface area contributed by atoms with E-state index >= 15 is 0 Å². The first kappa shape index (κ1) is 63.1. The zero-order valence-electron chi connectivity index (χ0n) is 75.9. The Kier molecular flexibility index (Phi) is 7.69. The van der Waals surface area contributed by atoms with Crippen LogP contribution in [0.5, 0.6) is 0 Å². The van der Waals surface area contributed by atoms with Crippen molar-refractivity contribution in [3.63, 3.8) is 0 Å². The minimum absolute atomic E-state index is 0.0757. The van der Waals surface area contributed by atoms with Crippen molar-refractivity contribution in [1.82, 2.24) is 0 Å². The fourth-order valence-electron chi connectivity index (χ4n) is 38.4. The fourth-order valence-corrected chi connectivity index (χ4v) is 38.4. The number of hydrogen-bond acceptors (Lipinski definition) is 0. The minimum Gasteiger partial charge on any atom is -0.0582 e. The van der Waals surface area contributed by atoms with Gasteiger partial charge in [-0.25, -0.2) is 0 Å². The van der Waals surface area contributed by atoms with Crippen molar-refractivity contribution in [3.05, 3.63) is 312 Å². The summed E-state index contributed by atoms with van der Waals surface area (Å²) in [7, 11) is 0. The predicted molar refractivity (Wildman–Crippen MR) is 543 cm³/mol. The topological polar surface area (TPSA) is 0 Å². The molecule has 0 saturated heterocycles. The van der Waals surface area contributed by atoms with Crippen molar-refractivity contribution in [2.24, 2.45) is 0 Å². The third-order valence-corrected chi connectivity index (χ3v) is 41.6. The van der Waals surface area contributed by atoms with Crippen molar-refractivity contribution in [2.45, 2.75) is 190 Å². The van der Waals surface area contributed by atoms with Gasteiger partial charge in [-0.1, -0.05) is 270 Å². The molecule has 0 heterocycles. The van der Waals surface area contributed by atoms with E-state index in [1.54, 1.807) is 348 Å². The zero-order chi connectivity index (χ0) is 84.8. The summed E-state index contributed by atoms with van der Waals surface area (Å²) in [6.07, 6.45) is 0. The Morgan fingerprint density at radius 1 is 0.108 bits per heavy atom. The van der Waals surface area contributed by atoms with Crippen LogP contribution in [0.15, 0.2) is 146 Å². The lowest BCUT2D eigenvalue weighted by atomic mass is 9.45. The van der Waals surface area contributed by atoms with Crippen molar-refractivity contribution in [2.75, 3.05) is 0 Å². The molecule has 0 aromatic heterocycles. The Morgan fingerprint density at radius 2 is 0.215 bits per heavy atom. The fraction of sp³-hybridized carbons (Fsp3) is 0.231. The van der Waals surface area contributed by atoms with Crippen molar-refractivity contribution >= 4 is 237 Å². The van der Waals surface area contributed by atoms with Crippen LogP contribution in [-0.2, 0) is 65.0 Å². The maximum atomic E-state index is 2.79. The summed E-state index contributed by atoms with van der Waals surface area (Å²) in [4.78, 5) is 0. The predicted octanol–water partition coefficient (Wildman–Crippen LogP) is 32.4.